The van der Waals surface area contributed by atoms with E-state index in [0.717, 1.165) is 12.2 Å². The average Bonchev–Trinajstić information content (AvgIpc) is 3.25. The van der Waals surface area contributed by atoms with Gasteiger partial charge < -0.3 is 0 Å². The van der Waals surface area contributed by atoms with Crippen LogP contribution in [0.1, 0.15) is 62.7 Å². The van der Waals surface area contributed by atoms with Gasteiger partial charge in [0.15, 0.2) is 12.7 Å². The monoisotopic (exact) mass is 1070 g/mol. The third-order valence-electron chi connectivity index (χ3n) is 10.8. The van der Waals surface area contributed by atoms with Gasteiger partial charge in [-0.15, -0.1) is 0 Å². The molecule has 0 aliphatic heterocycles. The fourth-order valence-corrected chi connectivity index (χ4v) is 7.70. The highest BCUT2D eigenvalue weighted by molar-refractivity contribution is 7.20. The molecule has 0 atom stereocenters. The summed E-state index contributed by atoms with van der Waals surface area (Å²) in [5.74, 6) is 0. The van der Waals surface area contributed by atoms with Crippen LogP contribution in [0.3, 0.4) is 0 Å². The molecule has 2 nitrogen and oxygen atoms in total. The van der Waals surface area contributed by atoms with Crippen LogP contribution in [0.4, 0.5) is 105 Å². The maximum absolute atomic E-state index is 14.2. The Kier molecular flexibility index (Phi) is 15.6. The molecule has 1 heterocycles. The molecule has 1 aromatic heterocycles. The number of alkyl halides is 24. The van der Waals surface area contributed by atoms with Crippen molar-refractivity contribution in [1.29, 1.82) is 0 Å². The zero-order valence-electron chi connectivity index (χ0n) is 36.0. The summed E-state index contributed by atoms with van der Waals surface area (Å²) in [6.45, 7) is 2.89. The largest absolute Gasteiger partial charge is 0.416 e. The molecule has 6 aromatic rings. The van der Waals surface area contributed by atoms with Crippen LogP contribution in [0.15, 0.2) is 128 Å². The lowest BCUT2D eigenvalue weighted by molar-refractivity contribution is -0.690. The second kappa shape index (κ2) is 20.0. The Morgan fingerprint density at radius 1 is 0.397 bits per heavy atom. The molecule has 0 aliphatic carbocycles. The minimum Gasteiger partial charge on any atom is -0.252 e. The minimum absolute atomic E-state index is 0.691. The molecule has 0 spiro atoms. The van der Waals surface area contributed by atoms with Crippen LogP contribution in [0.25, 0.3) is 6.08 Å². The lowest BCUT2D eigenvalue weighted by atomic mass is 9.12. The first-order chi connectivity index (χ1) is 33.2. The Morgan fingerprint density at radius 2 is 0.658 bits per heavy atom. The molecule has 6 rings (SSSR count). The van der Waals surface area contributed by atoms with Crippen molar-refractivity contribution in [2.24, 2.45) is 0 Å². The maximum Gasteiger partial charge on any atom is 0.416 e. The summed E-state index contributed by atoms with van der Waals surface area (Å²) in [7, 11) is 0. The topological polar surface area (TPSA) is 16.8 Å². The molecule has 0 unspecified atom stereocenters. The number of rotatable bonds is 7. The first-order valence-electron chi connectivity index (χ1n) is 20.0. The van der Waals surface area contributed by atoms with Crippen molar-refractivity contribution in [2.75, 3.05) is 0 Å². The number of aromatic nitrogens is 2. The van der Waals surface area contributed by atoms with Crippen molar-refractivity contribution in [1.82, 2.24) is 4.98 Å². The number of allylic oxidation sites excluding steroid dienone is 1. The van der Waals surface area contributed by atoms with Crippen LogP contribution in [0.5, 0.6) is 0 Å². The van der Waals surface area contributed by atoms with E-state index in [4.69, 9.17) is 0 Å². The number of benzene rings is 5. The molecule has 392 valence electrons. The molecule has 5 aromatic carbocycles. The smallest absolute Gasteiger partial charge is 0.252 e. The van der Waals surface area contributed by atoms with Gasteiger partial charge in [0.1, 0.15) is 6.15 Å². The minimum atomic E-state index is -6.13. The van der Waals surface area contributed by atoms with Crippen LogP contribution in [-0.2, 0) is 56.0 Å². The number of nitrogens with zero attached hydrogens (tertiary/aromatic N) is 2. The number of hydrogen-bond donors (Lipinski definition) is 0. The zero-order valence-corrected chi connectivity index (χ0v) is 36.0. The van der Waals surface area contributed by atoms with E-state index in [9.17, 15) is 105 Å². The molecule has 0 saturated heterocycles. The molecule has 0 saturated carbocycles. The van der Waals surface area contributed by atoms with Gasteiger partial charge in [0.2, 0.25) is 5.69 Å². The normalized spacial score (nSPS) is 13.5. The predicted molar refractivity (Wildman–Crippen MR) is 215 cm³/mol. The highest BCUT2D eigenvalue weighted by atomic mass is 19.4. The fraction of sp³-hybridized carbons (Fsp3) is 0.217. The highest BCUT2D eigenvalue weighted by Crippen LogP contribution is 2.41. The van der Waals surface area contributed by atoms with Crippen molar-refractivity contribution < 1.29 is 110 Å². The standard InChI is InChI=1S/C32H12BF24.C14H15N2/c34-25(35,36)13-1-14(26(37,38)39)6-21(5-13)33(22-7-15(27(40,41)42)2-16(8-22)28(43,44)45,23-9-17(29(46,47)48)3-18(10-23)30(49,50)51)24-11-19(31(52,53)54)4-20(12-24)32(55,56)57;1-2-6-14-11-15-9-10-16(14)12-13-7-4-3-5-8-13/h1-12H;2-11H,12H2,1H3/q-1;+1. The first kappa shape index (κ1) is 57.2. The summed E-state index contributed by atoms with van der Waals surface area (Å²) in [5.41, 5.74) is -27.8. The van der Waals surface area contributed by atoms with Crippen LogP contribution < -0.4 is 26.4 Å². The van der Waals surface area contributed by atoms with Gasteiger partial charge in [0.05, 0.1) is 56.9 Å². The van der Waals surface area contributed by atoms with Crippen molar-refractivity contribution in [3.63, 3.8) is 0 Å². The van der Waals surface area contributed by atoms with Gasteiger partial charge in [-0.2, -0.15) is 132 Å². The van der Waals surface area contributed by atoms with Gasteiger partial charge in [0.25, 0.3) is 0 Å². The Balaban J connectivity index is 0.000000520. The third kappa shape index (κ3) is 13.5. The van der Waals surface area contributed by atoms with E-state index in [-0.39, 0.29) is 0 Å². The first-order valence-corrected chi connectivity index (χ1v) is 20.0. The lowest BCUT2D eigenvalue weighted by Gasteiger charge is -2.46. The fourth-order valence-electron chi connectivity index (χ4n) is 7.70. The van der Waals surface area contributed by atoms with Gasteiger partial charge >= 0.3 is 49.4 Å². The summed E-state index contributed by atoms with van der Waals surface area (Å²) in [6, 6.07) is 1.61. The summed E-state index contributed by atoms with van der Waals surface area (Å²) in [6.07, 6.45) is -45.0. The predicted octanol–water partition coefficient (Wildman–Crippen LogP) is 13.7. The summed E-state index contributed by atoms with van der Waals surface area (Å²) >= 11 is 0. The summed E-state index contributed by atoms with van der Waals surface area (Å²) in [5, 5.41) is 0. The van der Waals surface area contributed by atoms with E-state index >= 15 is 0 Å². The number of halogens is 24. The van der Waals surface area contributed by atoms with E-state index in [2.05, 4.69) is 39.9 Å². The van der Waals surface area contributed by atoms with Crippen LogP contribution in [0.2, 0.25) is 0 Å². The molecular weight excluding hydrogens is 1050 g/mol. The maximum atomic E-state index is 14.2. The molecule has 27 heteroatoms. The van der Waals surface area contributed by atoms with Gasteiger partial charge in [0, 0.05) is 11.6 Å². The Bertz CT molecular complexity index is 2500. The molecular formula is C46H27BF24N2. The van der Waals surface area contributed by atoms with E-state index in [1.54, 1.807) is 0 Å². The van der Waals surface area contributed by atoms with Crippen LogP contribution in [0, 0.1) is 0 Å². The van der Waals surface area contributed by atoms with Gasteiger partial charge in [-0.3, -0.25) is 4.98 Å². The van der Waals surface area contributed by atoms with Crippen LogP contribution in [-0.4, -0.2) is 11.1 Å². The number of hydrogen-bond acceptors (Lipinski definition) is 1. The van der Waals surface area contributed by atoms with Gasteiger partial charge in [-0.25, -0.2) is 0 Å². The highest BCUT2D eigenvalue weighted by Gasteiger charge is 2.47. The summed E-state index contributed by atoms with van der Waals surface area (Å²) < 4.78 is 343. The zero-order chi connectivity index (χ0) is 55.1. The Labute approximate surface area is 395 Å². The third-order valence-corrected chi connectivity index (χ3v) is 10.8. The van der Waals surface area contributed by atoms with Crippen LogP contribution >= 0.6 is 0 Å². The quantitative estimate of drug-likeness (QED) is 0.0884. The molecule has 0 amide bonds. The van der Waals surface area contributed by atoms with E-state index in [1.807, 2.05) is 37.7 Å². The second-order valence-corrected chi connectivity index (χ2v) is 15.8. The average molecular weight is 1070 g/mol. The summed E-state index contributed by atoms with van der Waals surface area (Å²) in [4.78, 5) is 4.13. The Hall–Kier alpha value is -6.70. The van der Waals surface area contributed by atoms with Crippen molar-refractivity contribution >= 4 is 34.1 Å². The molecule has 0 bridgehead atoms. The molecule has 0 radical (unpaired) electrons. The van der Waals surface area contributed by atoms with E-state index in [0.29, 0.717) is 0 Å². The molecule has 0 aliphatic rings. The van der Waals surface area contributed by atoms with Gasteiger partial charge in [-0.1, -0.05) is 84.9 Å². The molecule has 73 heavy (non-hydrogen) atoms. The van der Waals surface area contributed by atoms with Crippen molar-refractivity contribution in [3.05, 3.63) is 184 Å². The lowest BCUT2D eigenvalue weighted by Crippen LogP contribution is -2.75. The van der Waals surface area contributed by atoms with Gasteiger partial charge in [-0.05, 0) is 31.2 Å². The molecule has 0 N–H and O–H groups in total. The molecule has 0 fully saturated rings. The van der Waals surface area contributed by atoms with E-state index in [1.165, 1.54) is 5.56 Å². The second-order valence-electron chi connectivity index (χ2n) is 15.8. The van der Waals surface area contributed by atoms with Crippen molar-refractivity contribution in [3.8, 4) is 0 Å². The van der Waals surface area contributed by atoms with Crippen molar-refractivity contribution in [2.45, 2.75) is 62.9 Å². The Morgan fingerprint density at radius 3 is 0.890 bits per heavy atom. The van der Waals surface area contributed by atoms with E-state index < -0.39 is 195 Å². The SMILES string of the molecule is CC=Cc1cncc[n+]1Cc1ccccc1.FC(F)(F)c1cc([B-](c2cc(C(F)(F)F)cc(C(F)(F)F)c2)(c2cc(C(F)(F)F)cc(C(F)(F)F)c2)c2cc(C(F)(F)F)cc(C(F)(F)F)c2)cc(C(F)(F)F)c1.